The molecule has 0 saturated carbocycles. The van der Waals surface area contributed by atoms with E-state index < -0.39 is 0 Å². The first-order valence-corrected chi connectivity index (χ1v) is 12.1. The van der Waals surface area contributed by atoms with Gasteiger partial charge in [0.05, 0.1) is 12.9 Å². The van der Waals surface area contributed by atoms with Crippen molar-refractivity contribution in [2.45, 2.75) is 31.6 Å². The Morgan fingerprint density at radius 2 is 2.06 bits per heavy atom. The number of rotatable bonds is 12. The zero-order chi connectivity index (χ0) is 24.3. The van der Waals surface area contributed by atoms with Crippen molar-refractivity contribution in [3.8, 4) is 0 Å². The second-order valence-electron chi connectivity index (χ2n) is 8.54. The fourth-order valence-corrected chi connectivity index (χ4v) is 4.25. The number of nitrogens with one attached hydrogen (secondary N) is 3. The molecule has 1 aromatic carbocycles. The van der Waals surface area contributed by atoms with Gasteiger partial charge in [-0.3, -0.25) is 14.8 Å². The molecule has 35 heavy (non-hydrogen) atoms. The van der Waals surface area contributed by atoms with Gasteiger partial charge in [-0.05, 0) is 42.7 Å². The smallest absolute Gasteiger partial charge is 0.224 e. The Kier molecular flexibility index (Phi) is 8.80. The van der Waals surface area contributed by atoms with E-state index in [4.69, 9.17) is 0 Å². The van der Waals surface area contributed by atoms with Gasteiger partial charge >= 0.3 is 0 Å². The van der Waals surface area contributed by atoms with E-state index in [1.54, 1.807) is 18.7 Å². The highest BCUT2D eigenvalue weighted by atomic mass is 19.1. The number of halogens is 1. The molecule has 3 aromatic rings. The van der Waals surface area contributed by atoms with E-state index >= 15 is 0 Å². The average Bonchev–Trinajstić information content (AvgIpc) is 3.59. The molecule has 0 bridgehead atoms. The summed E-state index contributed by atoms with van der Waals surface area (Å²) in [6.07, 6.45) is 7.94. The number of pyridine rings is 1. The number of aromatic amines is 1. The molecule has 0 aliphatic carbocycles. The normalized spacial score (nSPS) is 13.7. The van der Waals surface area contributed by atoms with Crippen molar-refractivity contribution in [1.29, 1.82) is 0 Å². The van der Waals surface area contributed by atoms with Crippen LogP contribution in [0.5, 0.6) is 0 Å². The van der Waals surface area contributed by atoms with Gasteiger partial charge in [0, 0.05) is 68.7 Å². The van der Waals surface area contributed by atoms with E-state index in [0.29, 0.717) is 26.1 Å². The van der Waals surface area contributed by atoms with Gasteiger partial charge in [-0.1, -0.05) is 18.2 Å². The Labute approximate surface area is 205 Å². The van der Waals surface area contributed by atoms with Crippen LogP contribution in [0.4, 0.5) is 4.39 Å². The summed E-state index contributed by atoms with van der Waals surface area (Å²) in [6, 6.07) is 12.5. The molecule has 1 atom stereocenters. The van der Waals surface area contributed by atoms with Gasteiger partial charge in [-0.25, -0.2) is 9.37 Å². The first kappa shape index (κ1) is 24.4. The number of hydrogen-bond donors (Lipinski definition) is 3. The fourth-order valence-electron chi connectivity index (χ4n) is 4.25. The number of aliphatic imine (C=N–C) groups is 1. The van der Waals surface area contributed by atoms with Crippen LogP contribution in [0.2, 0.25) is 0 Å². The van der Waals surface area contributed by atoms with Crippen molar-refractivity contribution >= 4 is 11.9 Å². The number of benzene rings is 1. The maximum absolute atomic E-state index is 13.5. The summed E-state index contributed by atoms with van der Waals surface area (Å²) in [5, 5.41) is 6.35. The summed E-state index contributed by atoms with van der Waals surface area (Å²) in [7, 11) is 0. The molecule has 3 heterocycles. The van der Waals surface area contributed by atoms with Crippen molar-refractivity contribution in [2.75, 3.05) is 32.7 Å². The Hall–Kier alpha value is -3.75. The zero-order valence-corrected chi connectivity index (χ0v) is 19.8. The van der Waals surface area contributed by atoms with Crippen LogP contribution in [0.1, 0.15) is 42.1 Å². The van der Waals surface area contributed by atoms with Crippen LogP contribution in [-0.2, 0) is 11.2 Å². The number of carbonyl (C=O) groups is 1. The van der Waals surface area contributed by atoms with Gasteiger partial charge in [0.1, 0.15) is 5.82 Å². The maximum atomic E-state index is 13.5. The molecule has 1 unspecified atom stereocenters. The molecule has 8 nitrogen and oxygen atoms in total. The van der Waals surface area contributed by atoms with E-state index in [9.17, 15) is 9.18 Å². The Morgan fingerprint density at radius 3 is 2.77 bits per heavy atom. The minimum Gasteiger partial charge on any atom is -0.356 e. The fraction of sp³-hybridized carbons (Fsp3) is 0.385. The number of amides is 1. The summed E-state index contributed by atoms with van der Waals surface area (Å²) in [4.78, 5) is 31.0. The highest BCUT2D eigenvalue weighted by Crippen LogP contribution is 2.28. The Bertz CT molecular complexity index is 1070. The van der Waals surface area contributed by atoms with E-state index in [1.807, 2.05) is 35.2 Å². The van der Waals surface area contributed by atoms with Crippen LogP contribution in [0.25, 0.3) is 0 Å². The van der Waals surface area contributed by atoms with Crippen LogP contribution in [-0.4, -0.2) is 64.4 Å². The number of hydrogen-bond acceptors (Lipinski definition) is 6. The predicted molar refractivity (Wildman–Crippen MR) is 134 cm³/mol. The first-order chi connectivity index (χ1) is 17.2. The van der Waals surface area contributed by atoms with Crippen LogP contribution in [0, 0.1) is 5.82 Å². The van der Waals surface area contributed by atoms with Crippen LogP contribution in [0.15, 0.2) is 66.2 Å². The standard InChI is InChI=1S/C26H32FN7O/c27-21-8-6-20(7-9-21)23(24-5-1-2-12-29-24)4-3-16-34(17-11-22-18-28-19-33-22)25(35)10-13-30-26-31-14-15-32-26/h1-2,5-9,12,18-19,23H,3-4,10-11,13-17H2,(H,28,33)(H2,30,31,32). The maximum Gasteiger partial charge on any atom is 0.224 e. The van der Waals surface area contributed by atoms with E-state index in [-0.39, 0.29) is 17.6 Å². The first-order valence-electron chi connectivity index (χ1n) is 12.1. The monoisotopic (exact) mass is 477 g/mol. The molecule has 1 aliphatic heterocycles. The average molecular weight is 478 g/mol. The molecule has 0 saturated heterocycles. The van der Waals surface area contributed by atoms with E-state index in [0.717, 1.165) is 55.3 Å². The highest BCUT2D eigenvalue weighted by Gasteiger charge is 2.19. The third-order valence-corrected chi connectivity index (χ3v) is 6.10. The predicted octanol–water partition coefficient (Wildman–Crippen LogP) is 2.87. The van der Waals surface area contributed by atoms with Crippen molar-refractivity contribution in [1.82, 2.24) is 30.5 Å². The molecule has 9 heteroatoms. The number of guanidine groups is 1. The van der Waals surface area contributed by atoms with E-state index in [2.05, 4.69) is 30.6 Å². The summed E-state index contributed by atoms with van der Waals surface area (Å²) >= 11 is 0. The lowest BCUT2D eigenvalue weighted by Crippen LogP contribution is -2.39. The Balaban J connectivity index is 1.37. The third-order valence-electron chi connectivity index (χ3n) is 6.10. The van der Waals surface area contributed by atoms with Gasteiger partial charge in [-0.2, -0.15) is 0 Å². The topological polar surface area (TPSA) is 98.3 Å². The lowest BCUT2D eigenvalue weighted by Gasteiger charge is -2.24. The lowest BCUT2D eigenvalue weighted by molar-refractivity contribution is -0.131. The van der Waals surface area contributed by atoms with Crippen molar-refractivity contribution in [3.63, 3.8) is 0 Å². The molecule has 3 N–H and O–H groups in total. The van der Waals surface area contributed by atoms with Crippen molar-refractivity contribution in [3.05, 3.63) is 84.0 Å². The molecule has 184 valence electrons. The number of nitrogens with zero attached hydrogens (tertiary/aromatic N) is 4. The quantitative estimate of drug-likeness (QED) is 0.373. The number of H-pyrrole nitrogens is 1. The van der Waals surface area contributed by atoms with Gasteiger partial charge in [0.15, 0.2) is 5.96 Å². The zero-order valence-electron chi connectivity index (χ0n) is 19.8. The van der Waals surface area contributed by atoms with Crippen LogP contribution in [0.3, 0.4) is 0 Å². The second kappa shape index (κ2) is 12.6. The molecule has 0 radical (unpaired) electrons. The SMILES string of the molecule is O=C(CCNC1=NCCN1)N(CCCC(c1ccc(F)cc1)c1ccccn1)CCc1cnc[nH]1. The molecule has 0 spiro atoms. The third kappa shape index (κ3) is 7.37. The number of imidazole rings is 1. The van der Waals surface area contributed by atoms with Crippen LogP contribution >= 0.6 is 0 Å². The number of aromatic nitrogens is 3. The van der Waals surface area contributed by atoms with E-state index in [1.165, 1.54) is 12.1 Å². The van der Waals surface area contributed by atoms with Crippen LogP contribution < -0.4 is 10.6 Å². The van der Waals surface area contributed by atoms with Crippen molar-refractivity contribution < 1.29 is 9.18 Å². The summed E-state index contributed by atoms with van der Waals surface area (Å²) in [5.74, 6) is 0.650. The molecule has 1 amide bonds. The molecule has 0 fully saturated rings. The summed E-state index contributed by atoms with van der Waals surface area (Å²) in [6.45, 7) is 3.38. The largest absolute Gasteiger partial charge is 0.356 e. The minimum absolute atomic E-state index is 0.0366. The molecular formula is C26H32FN7O. The summed E-state index contributed by atoms with van der Waals surface area (Å²) < 4.78 is 13.5. The molecular weight excluding hydrogens is 445 g/mol. The minimum atomic E-state index is -0.253. The molecule has 1 aliphatic rings. The highest BCUT2D eigenvalue weighted by molar-refractivity contribution is 5.82. The van der Waals surface area contributed by atoms with Gasteiger partial charge in [0.2, 0.25) is 5.91 Å². The number of carbonyl (C=O) groups excluding carboxylic acids is 1. The van der Waals surface area contributed by atoms with Gasteiger partial charge in [0.25, 0.3) is 0 Å². The molecule has 4 rings (SSSR count). The van der Waals surface area contributed by atoms with Gasteiger partial charge in [-0.15, -0.1) is 0 Å². The molecule has 2 aromatic heterocycles. The van der Waals surface area contributed by atoms with Crippen molar-refractivity contribution in [2.24, 2.45) is 4.99 Å². The second-order valence-corrected chi connectivity index (χ2v) is 8.54. The Morgan fingerprint density at radius 1 is 1.17 bits per heavy atom. The van der Waals surface area contributed by atoms with Gasteiger partial charge < -0.3 is 20.5 Å². The lowest BCUT2D eigenvalue weighted by atomic mass is 9.90. The summed E-state index contributed by atoms with van der Waals surface area (Å²) in [5.41, 5.74) is 2.97.